The second-order valence-electron chi connectivity index (χ2n) is 11.2. The zero-order chi connectivity index (χ0) is 31.2. The van der Waals surface area contributed by atoms with Crippen molar-refractivity contribution in [2.45, 2.75) is 18.1 Å². The Kier molecular flexibility index (Phi) is 7.52. The average molecular weight is 635 g/mol. The van der Waals surface area contributed by atoms with Gasteiger partial charge in [0.05, 0.1) is 20.8 Å². The van der Waals surface area contributed by atoms with Gasteiger partial charge >= 0.3 is 0 Å². The van der Waals surface area contributed by atoms with Crippen LogP contribution in [0.3, 0.4) is 0 Å². The van der Waals surface area contributed by atoms with Crippen molar-refractivity contribution >= 4 is 45.2 Å². The van der Waals surface area contributed by atoms with E-state index in [-0.39, 0.29) is 11.1 Å². The van der Waals surface area contributed by atoms with Gasteiger partial charge in [-0.2, -0.15) is 0 Å². The Labute approximate surface area is 272 Å². The number of methoxy groups -OCH3 is 2. The summed E-state index contributed by atoms with van der Waals surface area (Å²) in [5.74, 6) is 2.34. The lowest BCUT2D eigenvalue weighted by Gasteiger charge is -2.39. The van der Waals surface area contributed by atoms with Crippen LogP contribution in [0.5, 0.6) is 17.2 Å². The molecule has 0 bridgehead atoms. The number of ether oxygens (including phenoxy) is 5. The predicted octanol–water partition coefficient (Wildman–Crippen LogP) is 9.01. The van der Waals surface area contributed by atoms with E-state index in [2.05, 4.69) is 91.9 Å². The topological polar surface area (TPSA) is 46.2 Å². The number of rotatable bonds is 8. The molecule has 7 rings (SSSR count). The first kappa shape index (κ1) is 29.4. The number of thiocarbonyl (C=S) groups is 1. The third-order valence-electron chi connectivity index (χ3n) is 8.87. The molecule has 1 unspecified atom stereocenters. The molecule has 7 heteroatoms. The molecular formula is C38H31ClO5S. The highest BCUT2D eigenvalue weighted by Crippen LogP contribution is 2.58. The SMILES string of the molecule is COc1ccc(C2(c3ccc(OC)cc3)C=Cc3c4c(c5ccccc5c3O2)-c2ccccc2C4(C)OCCOC(=S)Cl)cc1. The summed E-state index contributed by atoms with van der Waals surface area (Å²) in [4.78, 5) is 0. The van der Waals surface area contributed by atoms with Crippen LogP contribution in [0.15, 0.2) is 103 Å². The standard InChI is InChI=1S/C38H31ClO5S/c1-37(43-23-22-42-36(39)45)32-11-7-6-10-30(32)33-28-8-4-5-9-29(28)35-31(34(33)37)20-21-38(44-35,24-12-16-26(40-2)17-13-24)25-14-18-27(41-3)19-15-25/h4-21H,22-23H2,1-3H3. The Balaban J connectivity index is 1.47. The summed E-state index contributed by atoms with van der Waals surface area (Å²) in [6, 6.07) is 32.9. The van der Waals surface area contributed by atoms with E-state index in [1.54, 1.807) is 14.2 Å². The van der Waals surface area contributed by atoms with Crippen LogP contribution < -0.4 is 14.2 Å². The second-order valence-corrected chi connectivity index (χ2v) is 12.1. The fourth-order valence-electron chi connectivity index (χ4n) is 6.79. The summed E-state index contributed by atoms with van der Waals surface area (Å²) in [6.07, 6.45) is 4.34. The van der Waals surface area contributed by atoms with Crippen molar-refractivity contribution in [3.05, 3.63) is 131 Å². The van der Waals surface area contributed by atoms with Crippen LogP contribution in [0, 0.1) is 0 Å². The van der Waals surface area contributed by atoms with Crippen molar-refractivity contribution in [2.75, 3.05) is 27.4 Å². The van der Waals surface area contributed by atoms with Gasteiger partial charge in [-0.1, -0.05) is 78.9 Å². The molecule has 1 atom stereocenters. The van der Waals surface area contributed by atoms with E-state index in [1.807, 2.05) is 24.3 Å². The summed E-state index contributed by atoms with van der Waals surface area (Å²) >= 11 is 10.7. The molecule has 0 saturated heterocycles. The zero-order valence-electron chi connectivity index (χ0n) is 25.1. The van der Waals surface area contributed by atoms with Crippen LogP contribution in [0.25, 0.3) is 28.0 Å². The van der Waals surface area contributed by atoms with Gasteiger partial charge < -0.3 is 23.7 Å². The molecule has 45 heavy (non-hydrogen) atoms. The van der Waals surface area contributed by atoms with Crippen LogP contribution in [0.2, 0.25) is 0 Å². The molecule has 0 spiro atoms. The molecule has 1 aliphatic carbocycles. The van der Waals surface area contributed by atoms with Crippen molar-refractivity contribution in [2.24, 2.45) is 0 Å². The number of fused-ring (bicyclic) bond motifs is 8. The maximum atomic E-state index is 7.34. The summed E-state index contributed by atoms with van der Waals surface area (Å²) in [5.41, 5.74) is 5.63. The quantitative estimate of drug-likeness (QED) is 0.0964. The van der Waals surface area contributed by atoms with Gasteiger partial charge in [0.1, 0.15) is 29.5 Å². The second kappa shape index (κ2) is 11.5. The highest BCUT2D eigenvalue weighted by molar-refractivity contribution is 7.82. The van der Waals surface area contributed by atoms with Gasteiger partial charge in [-0.3, -0.25) is 0 Å². The van der Waals surface area contributed by atoms with Gasteiger partial charge in [0, 0.05) is 27.6 Å². The van der Waals surface area contributed by atoms with E-state index in [0.29, 0.717) is 6.61 Å². The summed E-state index contributed by atoms with van der Waals surface area (Å²) < 4.78 is 30.4. The normalized spacial score (nSPS) is 17.2. The molecule has 226 valence electrons. The molecule has 0 N–H and O–H groups in total. The third-order valence-corrected chi connectivity index (χ3v) is 9.09. The fourth-order valence-corrected chi connectivity index (χ4v) is 6.95. The van der Waals surface area contributed by atoms with Gasteiger partial charge in [-0.25, -0.2) is 0 Å². The van der Waals surface area contributed by atoms with Gasteiger partial charge in [-0.05, 0) is 83.2 Å². The molecule has 0 fully saturated rings. The predicted molar refractivity (Wildman–Crippen MR) is 183 cm³/mol. The van der Waals surface area contributed by atoms with Gasteiger partial charge in [0.25, 0.3) is 4.51 Å². The van der Waals surface area contributed by atoms with Crippen LogP contribution in [0.4, 0.5) is 0 Å². The van der Waals surface area contributed by atoms with E-state index in [0.717, 1.165) is 67.0 Å². The molecule has 0 radical (unpaired) electrons. The van der Waals surface area contributed by atoms with Crippen LogP contribution in [-0.4, -0.2) is 31.9 Å². The maximum absolute atomic E-state index is 7.34. The van der Waals surface area contributed by atoms with Gasteiger partial charge in [0.15, 0.2) is 5.60 Å². The van der Waals surface area contributed by atoms with E-state index < -0.39 is 11.2 Å². The van der Waals surface area contributed by atoms with E-state index in [4.69, 9.17) is 47.5 Å². The smallest absolute Gasteiger partial charge is 0.255 e. The Morgan fingerprint density at radius 1 is 0.778 bits per heavy atom. The average Bonchev–Trinajstić information content (AvgIpc) is 3.35. The molecule has 1 heterocycles. The maximum Gasteiger partial charge on any atom is 0.255 e. The molecular weight excluding hydrogens is 604 g/mol. The van der Waals surface area contributed by atoms with Crippen molar-refractivity contribution in [1.82, 2.24) is 0 Å². The largest absolute Gasteiger partial charge is 0.497 e. The fraction of sp³-hybridized carbons (Fsp3) is 0.184. The van der Waals surface area contributed by atoms with Crippen molar-refractivity contribution in [3.63, 3.8) is 0 Å². The Morgan fingerprint density at radius 2 is 1.38 bits per heavy atom. The van der Waals surface area contributed by atoms with Crippen LogP contribution in [0.1, 0.15) is 34.7 Å². The van der Waals surface area contributed by atoms with Crippen molar-refractivity contribution < 1.29 is 23.7 Å². The molecule has 0 aromatic heterocycles. The number of hydrogen-bond acceptors (Lipinski definition) is 6. The Bertz CT molecular complexity index is 1900. The minimum atomic E-state index is -0.921. The first-order valence-corrected chi connectivity index (χ1v) is 15.5. The Hall–Kier alpha value is -4.36. The Morgan fingerprint density at radius 3 is 2.00 bits per heavy atom. The van der Waals surface area contributed by atoms with E-state index in [9.17, 15) is 0 Å². The third kappa shape index (κ3) is 4.76. The molecule has 2 aliphatic rings. The first-order valence-electron chi connectivity index (χ1n) is 14.7. The zero-order valence-corrected chi connectivity index (χ0v) is 26.7. The highest BCUT2D eigenvalue weighted by atomic mass is 35.5. The number of benzene rings is 5. The molecule has 5 aromatic carbocycles. The molecule has 0 saturated carbocycles. The minimum Gasteiger partial charge on any atom is -0.497 e. The molecule has 0 amide bonds. The van der Waals surface area contributed by atoms with Crippen molar-refractivity contribution in [3.8, 4) is 28.4 Å². The number of halogens is 1. The summed E-state index contributed by atoms with van der Waals surface area (Å²) in [5, 5.41) is 2.12. The lowest BCUT2D eigenvalue weighted by molar-refractivity contribution is -0.0158. The lowest BCUT2D eigenvalue weighted by Crippen LogP contribution is -2.35. The molecule has 5 aromatic rings. The monoisotopic (exact) mass is 634 g/mol. The minimum absolute atomic E-state index is 0.0240. The van der Waals surface area contributed by atoms with Gasteiger partial charge in [-0.15, -0.1) is 0 Å². The lowest BCUT2D eigenvalue weighted by atomic mass is 9.80. The van der Waals surface area contributed by atoms with E-state index >= 15 is 0 Å². The van der Waals surface area contributed by atoms with Crippen LogP contribution in [-0.2, 0) is 20.7 Å². The van der Waals surface area contributed by atoms with Crippen molar-refractivity contribution in [1.29, 1.82) is 0 Å². The van der Waals surface area contributed by atoms with Crippen LogP contribution >= 0.6 is 23.8 Å². The van der Waals surface area contributed by atoms with Gasteiger partial charge in [0.2, 0.25) is 0 Å². The summed E-state index contributed by atoms with van der Waals surface area (Å²) in [7, 11) is 3.34. The van der Waals surface area contributed by atoms with E-state index in [1.165, 1.54) is 0 Å². The first-order chi connectivity index (χ1) is 21.9. The molecule has 5 nitrogen and oxygen atoms in total. The highest BCUT2D eigenvalue weighted by Gasteiger charge is 2.47. The molecule has 1 aliphatic heterocycles. The number of hydrogen-bond donors (Lipinski definition) is 0. The summed E-state index contributed by atoms with van der Waals surface area (Å²) in [6.45, 7) is 2.66.